The maximum atomic E-state index is 9.26. The second kappa shape index (κ2) is 12.1. The number of hydrogen-bond acceptors (Lipinski definition) is 3. The molecule has 1 heterocycles. The van der Waals surface area contributed by atoms with Gasteiger partial charge in [-0.1, -0.05) is 141 Å². The predicted molar refractivity (Wildman–Crippen MR) is 209 cm³/mol. The summed E-state index contributed by atoms with van der Waals surface area (Å²) in [6.45, 7) is 4.69. The number of hydrogen-bond donors (Lipinski definition) is 0. The van der Waals surface area contributed by atoms with Gasteiger partial charge in [-0.2, -0.15) is 5.26 Å². The van der Waals surface area contributed by atoms with Crippen LogP contribution in [0.2, 0.25) is 0 Å². The van der Waals surface area contributed by atoms with E-state index >= 15 is 0 Å². The van der Waals surface area contributed by atoms with Gasteiger partial charge in [-0.15, -0.1) is 0 Å². The van der Waals surface area contributed by atoms with E-state index in [2.05, 4.69) is 141 Å². The third-order valence-electron chi connectivity index (χ3n) is 10.3. The monoisotopic (exact) mass is 651 g/mol. The van der Waals surface area contributed by atoms with E-state index in [1.807, 2.05) is 42.5 Å². The minimum Gasteiger partial charge on any atom is -0.228 e. The van der Waals surface area contributed by atoms with E-state index in [0.717, 1.165) is 39.2 Å². The Kier molecular flexibility index (Phi) is 7.19. The number of benzene rings is 7. The normalized spacial score (nSPS) is 12.6. The summed E-state index contributed by atoms with van der Waals surface area (Å²) >= 11 is 0. The molecule has 3 nitrogen and oxygen atoms in total. The lowest BCUT2D eigenvalue weighted by molar-refractivity contribution is 0.661. The number of fused-ring (bicyclic) bond motifs is 4. The molecule has 240 valence electrons. The van der Waals surface area contributed by atoms with E-state index in [4.69, 9.17) is 9.97 Å². The van der Waals surface area contributed by atoms with Gasteiger partial charge in [0.2, 0.25) is 0 Å². The number of rotatable bonds is 5. The quantitative estimate of drug-likeness (QED) is 0.186. The second-order valence-electron chi connectivity index (χ2n) is 13.8. The van der Waals surface area contributed by atoms with Crippen LogP contribution < -0.4 is 0 Å². The van der Waals surface area contributed by atoms with Crippen molar-refractivity contribution in [1.82, 2.24) is 9.97 Å². The fourth-order valence-electron chi connectivity index (χ4n) is 7.59. The van der Waals surface area contributed by atoms with E-state index < -0.39 is 0 Å². The van der Waals surface area contributed by atoms with Gasteiger partial charge < -0.3 is 0 Å². The van der Waals surface area contributed by atoms with Gasteiger partial charge >= 0.3 is 0 Å². The Labute approximate surface area is 298 Å². The number of nitrogens with zero attached hydrogens (tertiary/aromatic N) is 3. The second-order valence-corrected chi connectivity index (χ2v) is 13.8. The Morgan fingerprint density at radius 3 is 1.80 bits per heavy atom. The van der Waals surface area contributed by atoms with Crippen LogP contribution in [0.25, 0.3) is 78.1 Å². The number of nitriles is 1. The summed E-state index contributed by atoms with van der Waals surface area (Å²) < 4.78 is 0. The van der Waals surface area contributed by atoms with Crippen LogP contribution in [0.4, 0.5) is 0 Å². The molecule has 1 aromatic heterocycles. The van der Waals surface area contributed by atoms with Crippen LogP contribution in [0.5, 0.6) is 0 Å². The van der Waals surface area contributed by atoms with E-state index in [9.17, 15) is 5.26 Å². The zero-order valence-electron chi connectivity index (χ0n) is 28.4. The van der Waals surface area contributed by atoms with Crippen molar-refractivity contribution in [3.63, 3.8) is 0 Å². The summed E-state index contributed by atoms with van der Waals surface area (Å²) in [6.07, 6.45) is 0. The van der Waals surface area contributed by atoms with Crippen molar-refractivity contribution < 1.29 is 0 Å². The third kappa shape index (κ3) is 5.30. The molecule has 0 N–H and O–H groups in total. The number of aromatic nitrogens is 2. The van der Waals surface area contributed by atoms with Crippen molar-refractivity contribution in [1.29, 1.82) is 5.26 Å². The first-order chi connectivity index (χ1) is 25.0. The van der Waals surface area contributed by atoms with Gasteiger partial charge in [0, 0.05) is 22.1 Å². The molecule has 51 heavy (non-hydrogen) atoms. The molecule has 0 atom stereocenters. The van der Waals surface area contributed by atoms with E-state index in [-0.39, 0.29) is 5.41 Å². The van der Waals surface area contributed by atoms with Crippen LogP contribution >= 0.6 is 0 Å². The molecule has 1 aliphatic rings. The zero-order chi connectivity index (χ0) is 34.5. The van der Waals surface area contributed by atoms with Crippen LogP contribution in [-0.2, 0) is 5.41 Å². The Bertz CT molecular complexity index is 2650. The lowest BCUT2D eigenvalue weighted by Crippen LogP contribution is -2.14. The van der Waals surface area contributed by atoms with Crippen molar-refractivity contribution in [3.05, 3.63) is 180 Å². The molecule has 8 aromatic rings. The molecule has 0 saturated carbocycles. The SMILES string of the molecule is CC1(C)c2cc3ccccc3cc2-c2c(-c3ccc(-c4cc(-c5cccc(-c6ccc(C#N)cc6)c5)nc(-c5ccccc5)n4)cc3)cccc21. The molecular weight excluding hydrogens is 619 g/mol. The average molecular weight is 652 g/mol. The molecule has 0 saturated heterocycles. The fraction of sp³-hybridized carbons (Fsp3) is 0.0625. The molecule has 9 rings (SSSR count). The van der Waals surface area contributed by atoms with E-state index in [0.29, 0.717) is 11.4 Å². The molecule has 0 spiro atoms. The van der Waals surface area contributed by atoms with Crippen LogP contribution in [0, 0.1) is 11.3 Å². The Balaban J connectivity index is 1.13. The molecule has 0 aliphatic heterocycles. The van der Waals surface area contributed by atoms with Crippen LogP contribution in [-0.4, -0.2) is 9.97 Å². The first-order valence-corrected chi connectivity index (χ1v) is 17.3. The van der Waals surface area contributed by atoms with Crippen molar-refractivity contribution in [2.75, 3.05) is 0 Å². The molecule has 7 aromatic carbocycles. The minimum absolute atomic E-state index is 0.0900. The first kappa shape index (κ1) is 30.4. The lowest BCUT2D eigenvalue weighted by Gasteiger charge is -2.22. The third-order valence-corrected chi connectivity index (χ3v) is 10.3. The first-order valence-electron chi connectivity index (χ1n) is 17.3. The Hall–Kier alpha value is -6.63. The van der Waals surface area contributed by atoms with Crippen LogP contribution in [0.3, 0.4) is 0 Å². The summed E-state index contributed by atoms with van der Waals surface area (Å²) in [4.78, 5) is 10.2. The fourth-order valence-corrected chi connectivity index (χ4v) is 7.59. The standard InChI is InChI=1S/C48H33N3/c1-48(2)42-17-9-16-40(46(42)41-27-37-12-6-7-13-38(37)28-43(41)48)33-22-24-34(25-23-33)44-29-45(51-47(50-44)35-10-4-3-5-11-35)39-15-8-14-36(26-39)32-20-18-31(30-49)19-21-32/h3-29H,1-2H3. The minimum atomic E-state index is -0.0900. The molecule has 0 bridgehead atoms. The zero-order valence-corrected chi connectivity index (χ0v) is 28.4. The lowest BCUT2D eigenvalue weighted by atomic mass is 9.81. The highest BCUT2D eigenvalue weighted by Gasteiger charge is 2.37. The van der Waals surface area contributed by atoms with Crippen molar-refractivity contribution >= 4 is 10.8 Å². The average Bonchev–Trinajstić information content (AvgIpc) is 3.42. The molecule has 3 heteroatoms. The van der Waals surface area contributed by atoms with Gasteiger partial charge in [-0.25, -0.2) is 9.97 Å². The molecule has 0 unspecified atom stereocenters. The van der Waals surface area contributed by atoms with E-state index in [1.54, 1.807) is 0 Å². The van der Waals surface area contributed by atoms with Crippen molar-refractivity contribution in [3.8, 4) is 73.4 Å². The molecule has 1 aliphatic carbocycles. The molecular formula is C48H33N3. The maximum absolute atomic E-state index is 9.26. The topological polar surface area (TPSA) is 49.6 Å². The summed E-state index contributed by atoms with van der Waals surface area (Å²) in [5.74, 6) is 0.683. The molecule has 0 fully saturated rings. The Morgan fingerprint density at radius 2 is 1.06 bits per heavy atom. The van der Waals surface area contributed by atoms with Gasteiger partial charge in [0.05, 0.1) is 23.0 Å². The highest BCUT2D eigenvalue weighted by Crippen LogP contribution is 2.53. The van der Waals surface area contributed by atoms with Gasteiger partial charge in [0.1, 0.15) is 0 Å². The Morgan fingerprint density at radius 1 is 0.451 bits per heavy atom. The summed E-state index contributed by atoms with van der Waals surface area (Å²) in [6, 6.07) is 59.5. The highest BCUT2D eigenvalue weighted by molar-refractivity contribution is 5.98. The van der Waals surface area contributed by atoms with Crippen LogP contribution in [0.15, 0.2) is 164 Å². The van der Waals surface area contributed by atoms with Gasteiger partial charge in [-0.05, 0) is 91.7 Å². The summed E-state index contributed by atoms with van der Waals surface area (Å²) in [5, 5.41) is 11.8. The highest BCUT2D eigenvalue weighted by atomic mass is 14.9. The smallest absolute Gasteiger partial charge is 0.160 e. The maximum Gasteiger partial charge on any atom is 0.160 e. The molecule has 0 amide bonds. The van der Waals surface area contributed by atoms with Gasteiger partial charge in [-0.3, -0.25) is 0 Å². The van der Waals surface area contributed by atoms with Crippen molar-refractivity contribution in [2.45, 2.75) is 19.3 Å². The summed E-state index contributed by atoms with van der Waals surface area (Å²) in [5.41, 5.74) is 15.2. The van der Waals surface area contributed by atoms with Crippen molar-refractivity contribution in [2.24, 2.45) is 0 Å². The van der Waals surface area contributed by atoms with Gasteiger partial charge in [0.15, 0.2) is 5.82 Å². The largest absolute Gasteiger partial charge is 0.228 e. The molecule has 0 radical (unpaired) electrons. The predicted octanol–water partition coefficient (Wildman–Crippen LogP) is 12.1. The van der Waals surface area contributed by atoms with Gasteiger partial charge in [0.25, 0.3) is 0 Å². The van der Waals surface area contributed by atoms with E-state index in [1.165, 1.54) is 44.2 Å². The summed E-state index contributed by atoms with van der Waals surface area (Å²) in [7, 11) is 0. The van der Waals surface area contributed by atoms with Crippen LogP contribution in [0.1, 0.15) is 30.5 Å².